The molecule has 1 aromatic carbocycles. The summed E-state index contributed by atoms with van der Waals surface area (Å²) >= 11 is 0. The van der Waals surface area contributed by atoms with Gasteiger partial charge in [-0.1, -0.05) is 19.4 Å². The molecule has 0 radical (unpaired) electrons. The van der Waals surface area contributed by atoms with E-state index in [0.29, 0.717) is 25.8 Å². The van der Waals surface area contributed by atoms with Gasteiger partial charge in [0.15, 0.2) is 11.5 Å². The second-order valence-corrected chi connectivity index (χ2v) is 5.02. The first-order valence-corrected chi connectivity index (χ1v) is 7.01. The van der Waals surface area contributed by atoms with Crippen LogP contribution in [0.1, 0.15) is 38.4 Å². The standard InChI is InChI=1S/C15H23NO3/c1-3-4-11(2)16-10-13(17)12-5-6-14-15(9-12)19-8-7-18-14/h5-6,9,11,13,16-17H,3-4,7-8,10H2,1-2H3. The summed E-state index contributed by atoms with van der Waals surface area (Å²) < 4.78 is 11.0. The molecule has 19 heavy (non-hydrogen) atoms. The lowest BCUT2D eigenvalue weighted by Crippen LogP contribution is -2.30. The Hall–Kier alpha value is -1.26. The number of hydrogen-bond donors (Lipinski definition) is 2. The average Bonchev–Trinajstić information content (AvgIpc) is 2.44. The van der Waals surface area contributed by atoms with E-state index in [9.17, 15) is 5.11 Å². The molecule has 0 bridgehead atoms. The van der Waals surface area contributed by atoms with Gasteiger partial charge in [0.1, 0.15) is 13.2 Å². The van der Waals surface area contributed by atoms with Crippen molar-refractivity contribution in [3.8, 4) is 11.5 Å². The van der Waals surface area contributed by atoms with E-state index in [1.165, 1.54) is 0 Å². The maximum Gasteiger partial charge on any atom is 0.161 e. The van der Waals surface area contributed by atoms with Crippen molar-refractivity contribution in [2.24, 2.45) is 0 Å². The quantitative estimate of drug-likeness (QED) is 0.828. The van der Waals surface area contributed by atoms with E-state index in [-0.39, 0.29) is 0 Å². The fourth-order valence-electron chi connectivity index (χ4n) is 2.23. The molecule has 4 heteroatoms. The summed E-state index contributed by atoms with van der Waals surface area (Å²) in [7, 11) is 0. The van der Waals surface area contributed by atoms with Crippen molar-refractivity contribution in [1.82, 2.24) is 5.32 Å². The molecule has 2 atom stereocenters. The van der Waals surface area contributed by atoms with Crippen molar-refractivity contribution in [2.45, 2.75) is 38.8 Å². The van der Waals surface area contributed by atoms with Crippen LogP contribution in [0.25, 0.3) is 0 Å². The fraction of sp³-hybridized carbons (Fsp3) is 0.600. The summed E-state index contributed by atoms with van der Waals surface area (Å²) in [6.07, 6.45) is 1.75. The molecule has 1 heterocycles. The lowest BCUT2D eigenvalue weighted by atomic mass is 10.1. The van der Waals surface area contributed by atoms with Crippen LogP contribution < -0.4 is 14.8 Å². The van der Waals surface area contributed by atoms with E-state index in [1.54, 1.807) is 0 Å². The molecule has 0 aliphatic carbocycles. The number of hydrogen-bond acceptors (Lipinski definition) is 4. The molecule has 1 aliphatic heterocycles. The normalized spacial score (nSPS) is 17.0. The van der Waals surface area contributed by atoms with Crippen molar-refractivity contribution in [3.05, 3.63) is 23.8 Å². The monoisotopic (exact) mass is 265 g/mol. The Labute approximate surface area is 114 Å². The highest BCUT2D eigenvalue weighted by Crippen LogP contribution is 2.32. The topological polar surface area (TPSA) is 50.7 Å². The van der Waals surface area contributed by atoms with Gasteiger partial charge in [-0.25, -0.2) is 0 Å². The predicted octanol–water partition coefficient (Wildman–Crippen LogP) is 2.27. The Morgan fingerprint density at radius 3 is 2.74 bits per heavy atom. The van der Waals surface area contributed by atoms with Gasteiger partial charge in [-0.3, -0.25) is 0 Å². The van der Waals surface area contributed by atoms with Gasteiger partial charge in [-0.2, -0.15) is 0 Å². The minimum absolute atomic E-state index is 0.428. The second-order valence-electron chi connectivity index (χ2n) is 5.02. The minimum Gasteiger partial charge on any atom is -0.486 e. The molecule has 2 rings (SSSR count). The summed E-state index contributed by atoms with van der Waals surface area (Å²) in [6, 6.07) is 6.05. The molecular formula is C15H23NO3. The van der Waals surface area contributed by atoms with E-state index in [4.69, 9.17) is 9.47 Å². The Balaban J connectivity index is 1.93. The highest BCUT2D eigenvalue weighted by atomic mass is 16.6. The number of aliphatic hydroxyl groups is 1. The van der Waals surface area contributed by atoms with Crippen molar-refractivity contribution < 1.29 is 14.6 Å². The highest BCUT2D eigenvalue weighted by molar-refractivity contribution is 5.44. The molecule has 106 valence electrons. The average molecular weight is 265 g/mol. The van der Waals surface area contributed by atoms with Crippen LogP contribution in [-0.2, 0) is 0 Å². The highest BCUT2D eigenvalue weighted by Gasteiger charge is 2.15. The molecule has 0 amide bonds. The summed E-state index contributed by atoms with van der Waals surface area (Å²) in [5.41, 5.74) is 0.862. The zero-order chi connectivity index (χ0) is 13.7. The molecule has 0 saturated carbocycles. The number of ether oxygens (including phenoxy) is 2. The lowest BCUT2D eigenvalue weighted by Gasteiger charge is -2.21. The number of benzene rings is 1. The van der Waals surface area contributed by atoms with Gasteiger partial charge in [-0.05, 0) is 31.0 Å². The molecule has 2 unspecified atom stereocenters. The van der Waals surface area contributed by atoms with Crippen molar-refractivity contribution >= 4 is 0 Å². The van der Waals surface area contributed by atoms with E-state index in [1.807, 2.05) is 18.2 Å². The maximum absolute atomic E-state index is 10.2. The summed E-state index contributed by atoms with van der Waals surface area (Å²) in [4.78, 5) is 0. The maximum atomic E-state index is 10.2. The molecule has 2 N–H and O–H groups in total. The molecular weight excluding hydrogens is 242 g/mol. The Morgan fingerprint density at radius 1 is 1.26 bits per heavy atom. The smallest absolute Gasteiger partial charge is 0.161 e. The van der Waals surface area contributed by atoms with Crippen molar-refractivity contribution in [3.63, 3.8) is 0 Å². The molecule has 0 spiro atoms. The van der Waals surface area contributed by atoms with Crippen LogP contribution in [0.5, 0.6) is 11.5 Å². The van der Waals surface area contributed by atoms with Gasteiger partial charge in [-0.15, -0.1) is 0 Å². The summed E-state index contributed by atoms with van der Waals surface area (Å²) in [6.45, 7) is 6.01. The molecule has 1 aromatic rings. The van der Waals surface area contributed by atoms with E-state index in [0.717, 1.165) is 29.9 Å². The van der Waals surface area contributed by atoms with Crippen LogP contribution in [0.15, 0.2) is 18.2 Å². The van der Waals surface area contributed by atoms with E-state index in [2.05, 4.69) is 19.2 Å². The Bertz CT molecular complexity index is 408. The van der Waals surface area contributed by atoms with Crippen LogP contribution in [0, 0.1) is 0 Å². The SMILES string of the molecule is CCCC(C)NCC(O)c1ccc2c(c1)OCCO2. The van der Waals surface area contributed by atoms with Gasteiger partial charge in [0.2, 0.25) is 0 Å². The number of rotatable bonds is 6. The third-order valence-electron chi connectivity index (χ3n) is 3.33. The predicted molar refractivity (Wildman–Crippen MR) is 74.8 cm³/mol. The number of nitrogens with one attached hydrogen (secondary N) is 1. The zero-order valence-electron chi connectivity index (χ0n) is 11.7. The summed E-state index contributed by atoms with van der Waals surface area (Å²) in [5, 5.41) is 13.5. The molecule has 0 saturated heterocycles. The van der Waals surface area contributed by atoms with Crippen LogP contribution >= 0.6 is 0 Å². The van der Waals surface area contributed by atoms with E-state index >= 15 is 0 Å². The first-order chi connectivity index (χ1) is 9.20. The van der Waals surface area contributed by atoms with Gasteiger partial charge in [0.25, 0.3) is 0 Å². The van der Waals surface area contributed by atoms with Crippen LogP contribution in [0.4, 0.5) is 0 Å². The fourth-order valence-corrected chi connectivity index (χ4v) is 2.23. The first-order valence-electron chi connectivity index (χ1n) is 7.01. The van der Waals surface area contributed by atoms with Gasteiger partial charge in [0, 0.05) is 12.6 Å². The minimum atomic E-state index is -0.518. The molecule has 4 nitrogen and oxygen atoms in total. The van der Waals surface area contributed by atoms with Crippen molar-refractivity contribution in [1.29, 1.82) is 0 Å². The van der Waals surface area contributed by atoms with E-state index < -0.39 is 6.10 Å². The largest absolute Gasteiger partial charge is 0.486 e. The lowest BCUT2D eigenvalue weighted by molar-refractivity contribution is 0.161. The molecule has 1 aliphatic rings. The Kier molecular flexibility index (Phi) is 5.05. The Morgan fingerprint density at radius 2 is 2.00 bits per heavy atom. The van der Waals surface area contributed by atoms with Gasteiger partial charge in [0.05, 0.1) is 6.10 Å². The second kappa shape index (κ2) is 6.78. The zero-order valence-corrected chi connectivity index (χ0v) is 11.7. The summed E-state index contributed by atoms with van der Waals surface area (Å²) in [5.74, 6) is 1.49. The molecule has 0 aromatic heterocycles. The van der Waals surface area contributed by atoms with Crippen LogP contribution in [-0.4, -0.2) is 30.9 Å². The van der Waals surface area contributed by atoms with Crippen LogP contribution in [0.2, 0.25) is 0 Å². The van der Waals surface area contributed by atoms with Gasteiger partial charge >= 0.3 is 0 Å². The third kappa shape index (κ3) is 3.85. The first kappa shape index (κ1) is 14.2. The van der Waals surface area contributed by atoms with Crippen LogP contribution in [0.3, 0.4) is 0 Å². The third-order valence-corrected chi connectivity index (χ3v) is 3.33. The number of fused-ring (bicyclic) bond motifs is 1. The van der Waals surface area contributed by atoms with Gasteiger partial charge < -0.3 is 19.9 Å². The number of aliphatic hydroxyl groups excluding tert-OH is 1. The molecule has 0 fully saturated rings. The van der Waals surface area contributed by atoms with Crippen molar-refractivity contribution in [2.75, 3.05) is 19.8 Å².